The van der Waals surface area contributed by atoms with Crippen molar-refractivity contribution in [3.8, 4) is 0 Å². The number of carbonyl (C=O) groups is 3. The molecule has 0 aliphatic carbocycles. The minimum absolute atomic E-state index is 0.147. The third kappa shape index (κ3) is 31.3. The molecular formula is C35H66NO10P. The van der Waals surface area contributed by atoms with Gasteiger partial charge in [0.2, 0.25) is 5.91 Å². The van der Waals surface area contributed by atoms with E-state index in [0.717, 1.165) is 25.7 Å². The minimum Gasteiger partial charge on any atom is -0.480 e. The fourth-order valence-corrected chi connectivity index (χ4v) is 5.65. The summed E-state index contributed by atoms with van der Waals surface area (Å²) in [5.74, 6) is -2.41. The van der Waals surface area contributed by atoms with Crippen LogP contribution >= 0.6 is 7.82 Å². The summed E-state index contributed by atoms with van der Waals surface area (Å²) in [6.07, 6.45) is 28.1. The smallest absolute Gasteiger partial charge is 0.472 e. The van der Waals surface area contributed by atoms with Crippen molar-refractivity contribution in [1.29, 1.82) is 0 Å². The molecule has 0 aromatic rings. The molecular weight excluding hydrogens is 625 g/mol. The van der Waals surface area contributed by atoms with Gasteiger partial charge in [-0.1, -0.05) is 122 Å². The minimum atomic E-state index is -4.73. The molecule has 1 amide bonds. The molecule has 12 heteroatoms. The molecule has 0 aliphatic heterocycles. The van der Waals surface area contributed by atoms with Gasteiger partial charge in [-0.15, -0.1) is 0 Å². The van der Waals surface area contributed by atoms with Crippen molar-refractivity contribution in [3.05, 3.63) is 12.2 Å². The van der Waals surface area contributed by atoms with Gasteiger partial charge >= 0.3 is 19.8 Å². The van der Waals surface area contributed by atoms with Crippen LogP contribution in [-0.4, -0.2) is 64.9 Å². The average Bonchev–Trinajstić information content (AvgIpc) is 3.04. The quantitative estimate of drug-likeness (QED) is 0.0224. The largest absolute Gasteiger partial charge is 0.480 e. The number of ether oxygens (including phenoxy) is 1. The standard InChI is InChI=1S/C35H66NO10P/c1-3-5-7-8-9-10-11-12-13-14-15-16-17-18-19-20-21-22-23-24-25-26-33(38)36-32(35(40)41)30-46-47(42,43)45-29-31(37)28-44-34(39)27-6-4-2/h12-13,31-32,37H,3-11,14-30H2,1-2H3,(H,36,38)(H,40,41)(H,42,43)/b13-12+. The van der Waals surface area contributed by atoms with E-state index in [4.69, 9.17) is 9.26 Å². The summed E-state index contributed by atoms with van der Waals surface area (Å²) >= 11 is 0. The van der Waals surface area contributed by atoms with Gasteiger partial charge < -0.3 is 25.2 Å². The molecule has 3 unspecified atom stereocenters. The molecule has 0 aromatic carbocycles. The fraction of sp³-hybridized carbons (Fsp3) is 0.857. The number of carboxylic acids is 1. The van der Waals surface area contributed by atoms with Crippen LogP contribution in [0, 0.1) is 0 Å². The molecule has 0 aliphatic rings. The molecule has 4 N–H and O–H groups in total. The highest BCUT2D eigenvalue weighted by Gasteiger charge is 2.28. The number of hydrogen-bond acceptors (Lipinski definition) is 8. The predicted octanol–water partition coefficient (Wildman–Crippen LogP) is 8.16. The Kier molecular flexibility index (Phi) is 30.3. The lowest BCUT2D eigenvalue weighted by molar-refractivity contribution is -0.147. The lowest BCUT2D eigenvalue weighted by Gasteiger charge is -2.18. The number of aliphatic hydroxyl groups excluding tert-OH is 1. The number of phosphoric ester groups is 1. The zero-order valence-corrected chi connectivity index (χ0v) is 30.2. The molecule has 276 valence electrons. The molecule has 0 radical (unpaired) electrons. The summed E-state index contributed by atoms with van der Waals surface area (Å²) in [4.78, 5) is 45.0. The van der Waals surface area contributed by atoms with Crippen LogP contribution in [-0.2, 0) is 32.7 Å². The second-order valence-corrected chi connectivity index (χ2v) is 13.9. The Morgan fingerprint density at radius 2 is 1.13 bits per heavy atom. The van der Waals surface area contributed by atoms with Crippen molar-refractivity contribution in [2.75, 3.05) is 19.8 Å². The molecule has 0 spiro atoms. The van der Waals surface area contributed by atoms with Gasteiger partial charge in [0, 0.05) is 12.8 Å². The van der Waals surface area contributed by atoms with Crippen LogP contribution in [0.2, 0.25) is 0 Å². The second-order valence-electron chi connectivity index (χ2n) is 12.4. The van der Waals surface area contributed by atoms with Crippen LogP contribution in [0.5, 0.6) is 0 Å². The van der Waals surface area contributed by atoms with Crippen LogP contribution in [0.15, 0.2) is 12.2 Å². The monoisotopic (exact) mass is 691 g/mol. The second kappa shape index (κ2) is 31.5. The maximum Gasteiger partial charge on any atom is 0.472 e. The number of phosphoric acid groups is 1. The van der Waals surface area contributed by atoms with E-state index in [1.165, 1.54) is 96.3 Å². The Morgan fingerprint density at radius 1 is 0.660 bits per heavy atom. The Balaban J connectivity index is 3.81. The van der Waals surface area contributed by atoms with E-state index in [1.807, 2.05) is 6.92 Å². The highest BCUT2D eigenvalue weighted by molar-refractivity contribution is 7.47. The molecule has 0 heterocycles. The summed E-state index contributed by atoms with van der Waals surface area (Å²) in [6, 6.07) is -1.54. The van der Waals surface area contributed by atoms with Gasteiger partial charge in [0.05, 0.1) is 13.2 Å². The zero-order valence-electron chi connectivity index (χ0n) is 29.3. The topological polar surface area (TPSA) is 169 Å². The SMILES string of the molecule is CCCCCCCC/C=C/CCCCCCCCCCCCCC(=O)NC(COP(=O)(O)OCC(O)COC(=O)CCCC)C(=O)O. The number of amides is 1. The van der Waals surface area contributed by atoms with Crippen molar-refractivity contribution in [1.82, 2.24) is 5.32 Å². The first-order valence-electron chi connectivity index (χ1n) is 18.2. The van der Waals surface area contributed by atoms with Crippen LogP contribution in [0.1, 0.15) is 162 Å². The van der Waals surface area contributed by atoms with E-state index in [-0.39, 0.29) is 12.8 Å². The first kappa shape index (κ1) is 45.2. The molecule has 0 saturated heterocycles. The number of aliphatic hydroxyl groups is 1. The first-order chi connectivity index (χ1) is 22.6. The van der Waals surface area contributed by atoms with E-state index in [1.54, 1.807) is 0 Å². The molecule has 3 atom stereocenters. The van der Waals surface area contributed by atoms with Gasteiger partial charge in [0.1, 0.15) is 12.7 Å². The van der Waals surface area contributed by atoms with Crippen molar-refractivity contribution >= 4 is 25.7 Å². The fourth-order valence-electron chi connectivity index (χ4n) is 4.87. The number of carbonyl (C=O) groups excluding carboxylic acids is 2. The highest BCUT2D eigenvalue weighted by atomic mass is 31.2. The maximum absolute atomic E-state index is 12.2. The van der Waals surface area contributed by atoms with Crippen molar-refractivity contribution in [2.45, 2.75) is 174 Å². The molecule has 47 heavy (non-hydrogen) atoms. The van der Waals surface area contributed by atoms with Crippen LogP contribution in [0.3, 0.4) is 0 Å². The maximum atomic E-state index is 12.2. The highest BCUT2D eigenvalue weighted by Crippen LogP contribution is 2.43. The van der Waals surface area contributed by atoms with E-state index >= 15 is 0 Å². The van der Waals surface area contributed by atoms with Gasteiger partial charge in [-0.2, -0.15) is 0 Å². The summed E-state index contributed by atoms with van der Waals surface area (Å²) in [7, 11) is -4.73. The van der Waals surface area contributed by atoms with E-state index in [2.05, 4.69) is 28.9 Å². The molecule has 0 saturated carbocycles. The first-order valence-corrected chi connectivity index (χ1v) is 19.7. The number of hydrogen-bond donors (Lipinski definition) is 4. The van der Waals surface area contributed by atoms with Gasteiger partial charge in [-0.25, -0.2) is 9.36 Å². The third-order valence-electron chi connectivity index (χ3n) is 7.80. The van der Waals surface area contributed by atoms with E-state index < -0.39 is 57.6 Å². The number of esters is 1. The summed E-state index contributed by atoms with van der Waals surface area (Å²) in [6.45, 7) is 2.28. The predicted molar refractivity (Wildman–Crippen MR) is 185 cm³/mol. The summed E-state index contributed by atoms with van der Waals surface area (Å²) in [5.41, 5.74) is 0. The Hall–Kier alpha value is -1.78. The third-order valence-corrected chi connectivity index (χ3v) is 8.76. The van der Waals surface area contributed by atoms with Crippen LogP contribution in [0.25, 0.3) is 0 Å². The number of unbranched alkanes of at least 4 members (excludes halogenated alkanes) is 18. The Bertz CT molecular complexity index is 869. The van der Waals surface area contributed by atoms with Crippen molar-refractivity contribution in [3.63, 3.8) is 0 Å². The Morgan fingerprint density at radius 3 is 1.64 bits per heavy atom. The number of nitrogens with one attached hydrogen (secondary N) is 1. The zero-order chi connectivity index (χ0) is 35.0. The van der Waals surface area contributed by atoms with Crippen molar-refractivity contribution < 1.29 is 47.8 Å². The van der Waals surface area contributed by atoms with E-state index in [0.29, 0.717) is 12.8 Å². The summed E-state index contributed by atoms with van der Waals surface area (Å²) < 4.78 is 26.3. The van der Waals surface area contributed by atoms with Gasteiger partial charge in [-0.3, -0.25) is 18.6 Å². The summed E-state index contributed by atoms with van der Waals surface area (Å²) in [5, 5.41) is 21.5. The van der Waals surface area contributed by atoms with Gasteiger partial charge in [0.15, 0.2) is 6.04 Å². The molecule has 0 fully saturated rings. The average molecular weight is 692 g/mol. The lowest BCUT2D eigenvalue weighted by atomic mass is 10.0. The molecule has 11 nitrogen and oxygen atoms in total. The number of aliphatic carboxylic acids is 1. The normalized spacial score (nSPS) is 14.1. The van der Waals surface area contributed by atoms with Crippen LogP contribution in [0.4, 0.5) is 0 Å². The van der Waals surface area contributed by atoms with Gasteiger partial charge in [0.25, 0.3) is 0 Å². The molecule has 0 rings (SSSR count). The Labute approximate surface area is 284 Å². The lowest BCUT2D eigenvalue weighted by Crippen LogP contribution is -2.43. The van der Waals surface area contributed by atoms with Gasteiger partial charge in [-0.05, 0) is 38.5 Å². The van der Waals surface area contributed by atoms with E-state index in [9.17, 15) is 34.1 Å². The molecule has 0 bridgehead atoms. The number of allylic oxidation sites excluding steroid dienone is 2. The molecule has 0 aromatic heterocycles. The number of carboxylic acid groups (broad SMARTS) is 1. The van der Waals surface area contributed by atoms with Crippen LogP contribution < -0.4 is 5.32 Å². The number of rotatable bonds is 34. The van der Waals surface area contributed by atoms with Crippen molar-refractivity contribution in [2.24, 2.45) is 0 Å².